The third kappa shape index (κ3) is 3.30. The maximum absolute atomic E-state index is 12.1. The van der Waals surface area contributed by atoms with E-state index in [1.54, 1.807) is 6.92 Å². The molecule has 1 aliphatic carbocycles. The molecule has 0 unspecified atom stereocenters. The fourth-order valence-electron chi connectivity index (χ4n) is 2.81. The number of nitrogens with one attached hydrogen (secondary N) is 2. The Labute approximate surface area is 129 Å². The van der Waals surface area contributed by atoms with Crippen LogP contribution in [0.15, 0.2) is 30.5 Å². The Bertz CT molecular complexity index is 688. The molecule has 5 heteroatoms. The number of hydrogen-bond donors (Lipinski definition) is 2. The summed E-state index contributed by atoms with van der Waals surface area (Å²) in [4.78, 5) is 28.6. The number of aromatic amines is 1. The second-order valence-electron chi connectivity index (χ2n) is 5.83. The predicted octanol–water partition coefficient (Wildman–Crippen LogP) is 1.84. The summed E-state index contributed by atoms with van der Waals surface area (Å²) in [5.41, 5.74) is 2.04. The maximum atomic E-state index is 12.1. The van der Waals surface area contributed by atoms with Gasteiger partial charge in [0.25, 0.3) is 0 Å². The number of amides is 2. The Morgan fingerprint density at radius 2 is 2.09 bits per heavy atom. The minimum Gasteiger partial charge on any atom is -0.361 e. The van der Waals surface area contributed by atoms with Gasteiger partial charge in [-0.25, -0.2) is 0 Å². The Hall–Kier alpha value is -2.30. The minimum absolute atomic E-state index is 0.0101. The number of carbonyl (C=O) groups is 2. The van der Waals surface area contributed by atoms with E-state index in [0.717, 1.165) is 29.3 Å². The highest BCUT2D eigenvalue weighted by Gasteiger charge is 2.30. The topological polar surface area (TPSA) is 65.2 Å². The zero-order valence-corrected chi connectivity index (χ0v) is 12.8. The molecule has 2 aromatic rings. The fraction of sp³-hybridized carbons (Fsp3) is 0.412. The summed E-state index contributed by atoms with van der Waals surface area (Å²) in [6.07, 6.45) is 4.41. The number of carbonyl (C=O) groups excluding carboxylic acids is 2. The van der Waals surface area contributed by atoms with Crippen molar-refractivity contribution in [3.63, 3.8) is 0 Å². The normalized spacial score (nSPS) is 14.0. The molecule has 0 atom stereocenters. The van der Waals surface area contributed by atoms with Gasteiger partial charge in [0.2, 0.25) is 11.8 Å². The smallest absolute Gasteiger partial charge is 0.224 e. The van der Waals surface area contributed by atoms with Gasteiger partial charge < -0.3 is 15.2 Å². The molecule has 0 saturated heterocycles. The summed E-state index contributed by atoms with van der Waals surface area (Å²) in [5, 5.41) is 3.99. The number of aromatic nitrogens is 1. The van der Waals surface area contributed by atoms with E-state index in [1.807, 2.05) is 35.4 Å². The van der Waals surface area contributed by atoms with Crippen LogP contribution in [0, 0.1) is 0 Å². The van der Waals surface area contributed by atoms with Crippen molar-refractivity contribution in [1.82, 2.24) is 15.2 Å². The van der Waals surface area contributed by atoms with Gasteiger partial charge in [0.1, 0.15) is 0 Å². The number of para-hydroxylation sites is 1. The molecule has 1 aromatic carbocycles. The van der Waals surface area contributed by atoms with Crippen LogP contribution in [0.1, 0.15) is 25.3 Å². The van der Waals surface area contributed by atoms with Gasteiger partial charge in [-0.15, -0.1) is 0 Å². The maximum Gasteiger partial charge on any atom is 0.224 e. The molecule has 2 amide bonds. The van der Waals surface area contributed by atoms with E-state index >= 15 is 0 Å². The first-order chi connectivity index (χ1) is 10.6. The highest BCUT2D eigenvalue weighted by atomic mass is 16.2. The highest BCUT2D eigenvalue weighted by molar-refractivity contribution is 5.88. The van der Waals surface area contributed by atoms with Crippen molar-refractivity contribution in [1.29, 1.82) is 0 Å². The largest absolute Gasteiger partial charge is 0.361 e. The Morgan fingerprint density at radius 3 is 2.82 bits per heavy atom. The number of nitrogens with zero attached hydrogens (tertiary/aromatic N) is 1. The number of H-pyrrole nitrogens is 1. The zero-order valence-electron chi connectivity index (χ0n) is 12.8. The monoisotopic (exact) mass is 299 g/mol. The van der Waals surface area contributed by atoms with Crippen LogP contribution < -0.4 is 5.32 Å². The number of rotatable bonds is 6. The molecule has 116 valence electrons. The van der Waals surface area contributed by atoms with E-state index < -0.39 is 0 Å². The molecule has 5 nitrogen and oxygen atoms in total. The second-order valence-corrected chi connectivity index (χ2v) is 5.83. The lowest BCUT2D eigenvalue weighted by atomic mass is 10.1. The van der Waals surface area contributed by atoms with Crippen LogP contribution in [-0.4, -0.2) is 40.8 Å². The average Bonchev–Trinajstić information content (AvgIpc) is 3.25. The summed E-state index contributed by atoms with van der Waals surface area (Å²) in [5.74, 6) is 0.0810. The molecule has 1 aliphatic rings. The molecule has 2 N–H and O–H groups in total. The molecule has 0 aliphatic heterocycles. The molecule has 0 bridgehead atoms. The van der Waals surface area contributed by atoms with E-state index in [2.05, 4.69) is 10.3 Å². The third-order valence-electron chi connectivity index (χ3n) is 4.09. The highest BCUT2D eigenvalue weighted by Crippen LogP contribution is 2.26. The lowest BCUT2D eigenvalue weighted by Crippen LogP contribution is -2.39. The van der Waals surface area contributed by atoms with E-state index in [4.69, 9.17) is 0 Å². The van der Waals surface area contributed by atoms with Gasteiger partial charge in [0.05, 0.1) is 6.42 Å². The van der Waals surface area contributed by atoms with Crippen molar-refractivity contribution in [2.75, 3.05) is 13.1 Å². The first-order valence-corrected chi connectivity index (χ1v) is 7.74. The first kappa shape index (κ1) is 14.6. The van der Waals surface area contributed by atoms with Crippen molar-refractivity contribution in [2.24, 2.45) is 0 Å². The van der Waals surface area contributed by atoms with Crippen LogP contribution in [0.4, 0.5) is 0 Å². The van der Waals surface area contributed by atoms with Crippen molar-refractivity contribution in [3.05, 3.63) is 36.0 Å². The molecule has 3 rings (SSSR count). The molecular formula is C17H21N3O2. The molecule has 22 heavy (non-hydrogen) atoms. The molecule has 1 fully saturated rings. The summed E-state index contributed by atoms with van der Waals surface area (Å²) >= 11 is 0. The van der Waals surface area contributed by atoms with Crippen LogP contribution in [0.2, 0.25) is 0 Å². The van der Waals surface area contributed by atoms with Crippen molar-refractivity contribution in [3.8, 4) is 0 Å². The Balaban J connectivity index is 1.51. The number of fused-ring (bicyclic) bond motifs is 1. The number of hydrogen-bond acceptors (Lipinski definition) is 2. The van der Waals surface area contributed by atoms with Crippen LogP contribution in [0.3, 0.4) is 0 Å². The van der Waals surface area contributed by atoms with Gasteiger partial charge in [0, 0.05) is 43.2 Å². The number of benzene rings is 1. The average molecular weight is 299 g/mol. The van der Waals surface area contributed by atoms with Gasteiger partial charge >= 0.3 is 0 Å². The van der Waals surface area contributed by atoms with Crippen LogP contribution in [-0.2, 0) is 16.0 Å². The van der Waals surface area contributed by atoms with Gasteiger partial charge in [-0.3, -0.25) is 9.59 Å². The Kier molecular flexibility index (Phi) is 4.13. The SMILES string of the molecule is CC(=O)N(CCNC(=O)Cc1c[nH]c2ccccc12)C1CC1. The molecule has 0 spiro atoms. The van der Waals surface area contributed by atoms with E-state index in [9.17, 15) is 9.59 Å². The van der Waals surface area contributed by atoms with E-state index in [1.165, 1.54) is 0 Å². The van der Waals surface area contributed by atoms with E-state index in [0.29, 0.717) is 25.6 Å². The molecule has 1 saturated carbocycles. The van der Waals surface area contributed by atoms with E-state index in [-0.39, 0.29) is 11.8 Å². The summed E-state index contributed by atoms with van der Waals surface area (Å²) in [6.45, 7) is 2.70. The molecular weight excluding hydrogens is 278 g/mol. The van der Waals surface area contributed by atoms with Gasteiger partial charge in [-0.1, -0.05) is 18.2 Å². The van der Waals surface area contributed by atoms with Crippen molar-refractivity contribution < 1.29 is 9.59 Å². The summed E-state index contributed by atoms with van der Waals surface area (Å²) in [7, 11) is 0. The lowest BCUT2D eigenvalue weighted by molar-refractivity contribution is -0.130. The first-order valence-electron chi connectivity index (χ1n) is 7.74. The van der Waals surface area contributed by atoms with Gasteiger partial charge in [-0.2, -0.15) is 0 Å². The molecule has 1 heterocycles. The Morgan fingerprint density at radius 1 is 1.32 bits per heavy atom. The summed E-state index contributed by atoms with van der Waals surface area (Å²) in [6, 6.07) is 8.34. The molecule has 1 aromatic heterocycles. The zero-order chi connectivity index (χ0) is 15.5. The quantitative estimate of drug-likeness (QED) is 0.855. The lowest BCUT2D eigenvalue weighted by Gasteiger charge is -2.20. The fourth-order valence-corrected chi connectivity index (χ4v) is 2.81. The predicted molar refractivity (Wildman–Crippen MR) is 85.4 cm³/mol. The van der Waals surface area contributed by atoms with Gasteiger partial charge in [0.15, 0.2) is 0 Å². The summed E-state index contributed by atoms with van der Waals surface area (Å²) < 4.78 is 0. The van der Waals surface area contributed by atoms with Crippen LogP contribution in [0.5, 0.6) is 0 Å². The van der Waals surface area contributed by atoms with Crippen LogP contribution in [0.25, 0.3) is 10.9 Å². The van der Waals surface area contributed by atoms with Crippen molar-refractivity contribution >= 4 is 22.7 Å². The van der Waals surface area contributed by atoms with Crippen LogP contribution >= 0.6 is 0 Å². The minimum atomic E-state index is -0.0101. The second kappa shape index (κ2) is 6.22. The van der Waals surface area contributed by atoms with Crippen molar-refractivity contribution in [2.45, 2.75) is 32.2 Å². The van der Waals surface area contributed by atoms with Gasteiger partial charge in [-0.05, 0) is 24.5 Å². The third-order valence-corrected chi connectivity index (χ3v) is 4.09. The molecule has 0 radical (unpaired) electrons. The standard InChI is InChI=1S/C17H21N3O2/c1-12(21)20(14-6-7-14)9-8-18-17(22)10-13-11-19-16-5-3-2-4-15(13)16/h2-5,11,14,19H,6-10H2,1H3,(H,18,22).